The van der Waals surface area contributed by atoms with Gasteiger partial charge in [-0.15, -0.1) is 0 Å². The monoisotopic (exact) mass is 305 g/mol. The molecule has 1 aliphatic rings. The van der Waals surface area contributed by atoms with Gasteiger partial charge in [0.2, 0.25) is 0 Å². The Balaban J connectivity index is 1.93. The number of nitrogens with zero attached hydrogens (tertiary/aromatic N) is 1. The van der Waals surface area contributed by atoms with Crippen LogP contribution >= 0.6 is 0 Å². The summed E-state index contributed by atoms with van der Waals surface area (Å²) in [5.74, 6) is -0.772. The highest BCUT2D eigenvalue weighted by Gasteiger charge is 2.42. The average Bonchev–Trinajstić information content (AvgIpc) is 2.89. The minimum atomic E-state index is -0.891. The minimum absolute atomic E-state index is 0.0754. The van der Waals surface area contributed by atoms with Crippen molar-refractivity contribution in [2.45, 2.75) is 20.3 Å². The number of carbonyl (C=O) groups is 3. The molecule has 1 saturated heterocycles. The second-order valence-electron chi connectivity index (χ2n) is 5.80. The maximum atomic E-state index is 12.1. The highest BCUT2D eigenvalue weighted by Crippen LogP contribution is 2.30. The zero-order valence-corrected chi connectivity index (χ0v) is 12.7. The van der Waals surface area contributed by atoms with E-state index in [0.717, 1.165) is 0 Å². The molecule has 0 spiro atoms. The van der Waals surface area contributed by atoms with Crippen LogP contribution in [0.2, 0.25) is 0 Å². The summed E-state index contributed by atoms with van der Waals surface area (Å²) in [6.07, 6.45) is 0.438. The molecular formula is C16H19NO5. The number of benzene rings is 1. The SMILES string of the molecule is CC(=O)c1cccc(OCC(=O)N2CCC(C)(C(=O)O)C2)c1. The van der Waals surface area contributed by atoms with Gasteiger partial charge in [0.05, 0.1) is 5.41 Å². The number of hydrogen-bond donors (Lipinski definition) is 1. The molecule has 1 atom stereocenters. The number of amides is 1. The molecule has 0 aliphatic carbocycles. The summed E-state index contributed by atoms with van der Waals surface area (Å²) >= 11 is 0. The smallest absolute Gasteiger partial charge is 0.311 e. The maximum absolute atomic E-state index is 12.1. The predicted molar refractivity (Wildman–Crippen MR) is 78.9 cm³/mol. The number of carboxylic acids is 1. The molecule has 22 heavy (non-hydrogen) atoms. The van der Waals surface area contributed by atoms with E-state index in [0.29, 0.717) is 24.3 Å². The van der Waals surface area contributed by atoms with E-state index in [9.17, 15) is 14.4 Å². The molecule has 1 amide bonds. The Morgan fingerprint density at radius 3 is 2.68 bits per heavy atom. The third-order valence-corrected chi connectivity index (χ3v) is 3.95. The molecule has 0 saturated carbocycles. The van der Waals surface area contributed by atoms with Gasteiger partial charge in [0, 0.05) is 18.7 Å². The van der Waals surface area contributed by atoms with Crippen LogP contribution in [0.15, 0.2) is 24.3 Å². The van der Waals surface area contributed by atoms with Gasteiger partial charge in [-0.05, 0) is 32.4 Å². The van der Waals surface area contributed by atoms with E-state index in [1.54, 1.807) is 31.2 Å². The van der Waals surface area contributed by atoms with Crippen molar-refractivity contribution in [1.29, 1.82) is 0 Å². The van der Waals surface area contributed by atoms with E-state index in [1.807, 2.05) is 0 Å². The number of ketones is 1. The molecular weight excluding hydrogens is 286 g/mol. The Morgan fingerprint density at radius 1 is 1.36 bits per heavy atom. The molecule has 1 unspecified atom stereocenters. The lowest BCUT2D eigenvalue weighted by atomic mass is 9.90. The van der Waals surface area contributed by atoms with Gasteiger partial charge in [-0.2, -0.15) is 0 Å². The van der Waals surface area contributed by atoms with Gasteiger partial charge in [-0.3, -0.25) is 14.4 Å². The summed E-state index contributed by atoms with van der Waals surface area (Å²) in [5, 5.41) is 9.16. The van der Waals surface area contributed by atoms with Crippen LogP contribution in [0, 0.1) is 5.41 Å². The van der Waals surface area contributed by atoms with Crippen molar-refractivity contribution in [2.24, 2.45) is 5.41 Å². The average molecular weight is 305 g/mol. The molecule has 2 rings (SSSR count). The highest BCUT2D eigenvalue weighted by atomic mass is 16.5. The molecule has 1 heterocycles. The van der Waals surface area contributed by atoms with Gasteiger partial charge in [0.1, 0.15) is 5.75 Å². The quantitative estimate of drug-likeness (QED) is 0.835. The first-order chi connectivity index (χ1) is 10.3. The van der Waals surface area contributed by atoms with Crippen molar-refractivity contribution >= 4 is 17.7 Å². The molecule has 0 radical (unpaired) electrons. The number of aliphatic carboxylic acids is 1. The number of rotatable bonds is 5. The predicted octanol–water partition coefficient (Wildman–Crippen LogP) is 1.59. The van der Waals surface area contributed by atoms with Crippen LogP contribution < -0.4 is 4.74 Å². The number of ether oxygens (including phenoxy) is 1. The minimum Gasteiger partial charge on any atom is -0.484 e. The van der Waals surface area contributed by atoms with Crippen molar-refractivity contribution in [3.05, 3.63) is 29.8 Å². The molecule has 0 aromatic heterocycles. The van der Waals surface area contributed by atoms with Gasteiger partial charge in [0.25, 0.3) is 5.91 Å². The summed E-state index contributed by atoms with van der Waals surface area (Å²) in [4.78, 5) is 36.1. The third-order valence-electron chi connectivity index (χ3n) is 3.95. The first kappa shape index (κ1) is 16.0. The lowest BCUT2D eigenvalue weighted by Crippen LogP contribution is -2.37. The molecule has 1 aliphatic heterocycles. The summed E-state index contributed by atoms with van der Waals surface area (Å²) < 4.78 is 5.41. The van der Waals surface area contributed by atoms with Crippen LogP contribution in [-0.2, 0) is 9.59 Å². The lowest BCUT2D eigenvalue weighted by molar-refractivity contribution is -0.147. The number of carbonyl (C=O) groups excluding carboxylic acids is 2. The topological polar surface area (TPSA) is 83.9 Å². The molecule has 1 aromatic rings. The summed E-state index contributed by atoms with van der Waals surface area (Å²) in [5.41, 5.74) is -0.367. The van der Waals surface area contributed by atoms with Crippen LogP contribution in [0.4, 0.5) is 0 Å². The standard InChI is InChI=1S/C16H19NO5/c1-11(18)12-4-3-5-13(8-12)22-9-14(19)17-7-6-16(2,10-17)15(20)21/h3-5,8H,6-7,9-10H2,1-2H3,(H,20,21). The van der Waals surface area contributed by atoms with Gasteiger partial charge in [-0.25, -0.2) is 0 Å². The van der Waals surface area contributed by atoms with E-state index in [4.69, 9.17) is 9.84 Å². The molecule has 1 fully saturated rings. The summed E-state index contributed by atoms with van der Waals surface area (Å²) in [6.45, 7) is 3.54. The lowest BCUT2D eigenvalue weighted by Gasteiger charge is -2.20. The molecule has 118 valence electrons. The Bertz CT molecular complexity index is 612. The fourth-order valence-electron chi connectivity index (χ4n) is 2.39. The summed E-state index contributed by atoms with van der Waals surface area (Å²) in [7, 11) is 0. The van der Waals surface area contributed by atoms with Gasteiger partial charge >= 0.3 is 5.97 Å². The molecule has 6 heteroatoms. The maximum Gasteiger partial charge on any atom is 0.311 e. The Morgan fingerprint density at radius 2 is 2.09 bits per heavy atom. The molecule has 0 bridgehead atoms. The molecule has 1 N–H and O–H groups in total. The number of Topliss-reactive ketones (excluding diaryl/α,β-unsaturated/α-hetero) is 1. The molecule has 6 nitrogen and oxygen atoms in total. The fraction of sp³-hybridized carbons (Fsp3) is 0.438. The Hall–Kier alpha value is -2.37. The van der Waals surface area contributed by atoms with Crippen molar-refractivity contribution in [3.8, 4) is 5.75 Å². The van der Waals surface area contributed by atoms with Crippen molar-refractivity contribution in [2.75, 3.05) is 19.7 Å². The first-order valence-electron chi connectivity index (χ1n) is 7.07. The van der Waals surface area contributed by atoms with Gasteiger partial charge < -0.3 is 14.7 Å². The second kappa shape index (κ2) is 6.17. The summed E-state index contributed by atoms with van der Waals surface area (Å²) in [6, 6.07) is 6.62. The number of hydrogen-bond acceptors (Lipinski definition) is 4. The highest BCUT2D eigenvalue weighted by molar-refractivity contribution is 5.94. The van der Waals surface area contributed by atoms with Crippen molar-refractivity contribution < 1.29 is 24.2 Å². The number of carboxylic acid groups (broad SMARTS) is 1. The Kier molecular flexibility index (Phi) is 4.49. The largest absolute Gasteiger partial charge is 0.484 e. The van der Waals surface area contributed by atoms with Gasteiger partial charge in [-0.1, -0.05) is 12.1 Å². The zero-order chi connectivity index (χ0) is 16.3. The van der Waals surface area contributed by atoms with Crippen LogP contribution in [-0.4, -0.2) is 47.4 Å². The Labute approximate surface area is 128 Å². The van der Waals surface area contributed by atoms with Crippen LogP contribution in [0.3, 0.4) is 0 Å². The fourth-order valence-corrected chi connectivity index (χ4v) is 2.39. The third kappa shape index (κ3) is 3.44. The normalized spacial score (nSPS) is 20.7. The van der Waals surface area contributed by atoms with Crippen molar-refractivity contribution in [3.63, 3.8) is 0 Å². The zero-order valence-electron chi connectivity index (χ0n) is 12.7. The van der Waals surface area contributed by atoms with E-state index in [1.165, 1.54) is 11.8 Å². The van der Waals surface area contributed by atoms with Crippen LogP contribution in [0.25, 0.3) is 0 Å². The van der Waals surface area contributed by atoms with E-state index in [2.05, 4.69) is 0 Å². The van der Waals surface area contributed by atoms with E-state index in [-0.39, 0.29) is 24.8 Å². The van der Waals surface area contributed by atoms with Crippen molar-refractivity contribution in [1.82, 2.24) is 4.90 Å². The molecule has 1 aromatic carbocycles. The van der Waals surface area contributed by atoms with Gasteiger partial charge in [0.15, 0.2) is 12.4 Å². The first-order valence-corrected chi connectivity index (χ1v) is 7.07. The number of likely N-dealkylation sites (tertiary alicyclic amines) is 1. The van der Waals surface area contributed by atoms with Crippen LogP contribution in [0.1, 0.15) is 30.6 Å². The van der Waals surface area contributed by atoms with E-state index >= 15 is 0 Å². The van der Waals surface area contributed by atoms with E-state index < -0.39 is 11.4 Å². The van der Waals surface area contributed by atoms with Crippen LogP contribution in [0.5, 0.6) is 5.75 Å². The second-order valence-corrected chi connectivity index (χ2v) is 5.80.